The first-order chi connectivity index (χ1) is 11.5. The van der Waals surface area contributed by atoms with Gasteiger partial charge in [0.25, 0.3) is 0 Å². The molecule has 0 atom stereocenters. The van der Waals surface area contributed by atoms with Crippen molar-refractivity contribution in [1.82, 2.24) is 5.16 Å². The largest absolute Gasteiger partial charge is 0.462 e. The first-order valence-electron chi connectivity index (χ1n) is 7.78. The molecule has 24 heavy (non-hydrogen) atoms. The van der Waals surface area contributed by atoms with Gasteiger partial charge in [-0.15, -0.1) is 0 Å². The number of likely N-dealkylation sites (N-methyl/N-ethyl adjacent to an activating group) is 1. The van der Waals surface area contributed by atoms with E-state index in [0.717, 1.165) is 5.69 Å². The first-order valence-corrected chi connectivity index (χ1v) is 7.78. The SMILES string of the molecule is CCOC(=O)c1cccc(N(CC)CC(=O)Nc2cc(C)no2)c1. The van der Waals surface area contributed by atoms with Gasteiger partial charge in [-0.2, -0.15) is 0 Å². The Morgan fingerprint density at radius 1 is 1.29 bits per heavy atom. The second-order valence-electron chi connectivity index (χ2n) is 5.17. The van der Waals surface area contributed by atoms with Gasteiger partial charge in [0.15, 0.2) is 0 Å². The molecule has 1 aromatic heterocycles. The van der Waals surface area contributed by atoms with Crippen LogP contribution in [0.25, 0.3) is 0 Å². The highest BCUT2D eigenvalue weighted by Gasteiger charge is 2.14. The third kappa shape index (κ3) is 4.58. The third-order valence-electron chi connectivity index (χ3n) is 3.33. The molecule has 1 N–H and O–H groups in total. The van der Waals surface area contributed by atoms with E-state index in [1.165, 1.54) is 0 Å². The topological polar surface area (TPSA) is 84.7 Å². The number of carbonyl (C=O) groups is 2. The van der Waals surface area contributed by atoms with Crippen LogP contribution in [0.1, 0.15) is 29.9 Å². The Kier molecular flexibility index (Phi) is 5.95. The van der Waals surface area contributed by atoms with Gasteiger partial charge in [-0.3, -0.25) is 10.1 Å². The molecular formula is C17H21N3O4. The molecule has 128 valence electrons. The fourth-order valence-electron chi connectivity index (χ4n) is 2.20. The molecule has 0 spiro atoms. The van der Waals surface area contributed by atoms with Crippen molar-refractivity contribution in [3.05, 3.63) is 41.6 Å². The van der Waals surface area contributed by atoms with Crippen LogP contribution in [0.15, 0.2) is 34.9 Å². The van der Waals surface area contributed by atoms with Crippen LogP contribution < -0.4 is 10.2 Å². The molecule has 0 aliphatic carbocycles. The maximum atomic E-state index is 12.2. The number of hydrogen-bond donors (Lipinski definition) is 1. The van der Waals surface area contributed by atoms with Crippen molar-refractivity contribution in [3.8, 4) is 0 Å². The summed E-state index contributed by atoms with van der Waals surface area (Å²) in [5.41, 5.74) is 1.92. The average Bonchev–Trinajstić information content (AvgIpc) is 2.97. The van der Waals surface area contributed by atoms with Gasteiger partial charge in [-0.1, -0.05) is 11.2 Å². The summed E-state index contributed by atoms with van der Waals surface area (Å²) >= 11 is 0. The molecule has 1 heterocycles. The van der Waals surface area contributed by atoms with Crippen molar-refractivity contribution >= 4 is 23.4 Å². The summed E-state index contributed by atoms with van der Waals surface area (Å²) in [7, 11) is 0. The van der Waals surface area contributed by atoms with E-state index >= 15 is 0 Å². The Balaban J connectivity index is 2.06. The van der Waals surface area contributed by atoms with Crippen molar-refractivity contribution in [2.24, 2.45) is 0 Å². The van der Waals surface area contributed by atoms with Gasteiger partial charge in [0, 0.05) is 18.3 Å². The molecule has 7 heteroatoms. The van der Waals surface area contributed by atoms with Crippen LogP contribution in [0, 0.1) is 6.92 Å². The molecule has 0 saturated heterocycles. The lowest BCUT2D eigenvalue weighted by Gasteiger charge is -2.22. The van der Waals surface area contributed by atoms with Gasteiger partial charge in [-0.25, -0.2) is 4.79 Å². The van der Waals surface area contributed by atoms with Crippen molar-refractivity contribution in [3.63, 3.8) is 0 Å². The van der Waals surface area contributed by atoms with E-state index in [4.69, 9.17) is 9.26 Å². The van der Waals surface area contributed by atoms with E-state index in [-0.39, 0.29) is 18.4 Å². The number of anilines is 2. The summed E-state index contributed by atoms with van der Waals surface area (Å²) in [5, 5.41) is 6.37. The molecule has 0 fully saturated rings. The normalized spacial score (nSPS) is 10.3. The van der Waals surface area contributed by atoms with E-state index in [1.54, 1.807) is 38.1 Å². The summed E-state index contributed by atoms with van der Waals surface area (Å²) < 4.78 is 9.97. The van der Waals surface area contributed by atoms with Gasteiger partial charge in [0.05, 0.1) is 24.4 Å². The lowest BCUT2D eigenvalue weighted by Crippen LogP contribution is -2.33. The summed E-state index contributed by atoms with van der Waals surface area (Å²) in [5.74, 6) is -0.291. The number of carbonyl (C=O) groups excluding carboxylic acids is 2. The van der Waals surface area contributed by atoms with Gasteiger partial charge in [-0.05, 0) is 39.0 Å². The lowest BCUT2D eigenvalue weighted by atomic mass is 10.2. The molecule has 1 amide bonds. The zero-order valence-corrected chi connectivity index (χ0v) is 14.0. The molecule has 0 bridgehead atoms. The van der Waals surface area contributed by atoms with Crippen molar-refractivity contribution in [2.75, 3.05) is 29.9 Å². The molecule has 0 saturated carbocycles. The summed E-state index contributed by atoms with van der Waals surface area (Å²) in [6.45, 7) is 6.52. The van der Waals surface area contributed by atoms with Gasteiger partial charge < -0.3 is 14.2 Å². The number of hydrogen-bond acceptors (Lipinski definition) is 6. The van der Waals surface area contributed by atoms with Crippen LogP contribution >= 0.6 is 0 Å². The Hall–Kier alpha value is -2.83. The Bertz CT molecular complexity index is 711. The zero-order chi connectivity index (χ0) is 17.5. The second-order valence-corrected chi connectivity index (χ2v) is 5.17. The van der Waals surface area contributed by atoms with Crippen molar-refractivity contribution in [2.45, 2.75) is 20.8 Å². The molecule has 0 aliphatic rings. The summed E-state index contributed by atoms with van der Waals surface area (Å²) in [4.78, 5) is 25.8. The first kappa shape index (κ1) is 17.5. The maximum absolute atomic E-state index is 12.2. The quantitative estimate of drug-likeness (QED) is 0.785. The van der Waals surface area contributed by atoms with Crippen molar-refractivity contribution < 1.29 is 18.8 Å². The predicted octanol–water partition coefficient (Wildman–Crippen LogP) is 2.62. The number of nitrogens with one attached hydrogen (secondary N) is 1. The Morgan fingerprint density at radius 2 is 2.08 bits per heavy atom. The zero-order valence-electron chi connectivity index (χ0n) is 14.0. The maximum Gasteiger partial charge on any atom is 0.338 e. The van der Waals surface area contributed by atoms with E-state index in [0.29, 0.717) is 30.3 Å². The van der Waals surface area contributed by atoms with E-state index in [2.05, 4.69) is 10.5 Å². The van der Waals surface area contributed by atoms with Gasteiger partial charge in [0.2, 0.25) is 11.8 Å². The fourth-order valence-corrected chi connectivity index (χ4v) is 2.20. The molecular weight excluding hydrogens is 310 g/mol. The molecule has 0 unspecified atom stereocenters. The third-order valence-corrected chi connectivity index (χ3v) is 3.33. The Labute approximate surface area is 140 Å². The number of nitrogens with zero attached hydrogens (tertiary/aromatic N) is 2. The Morgan fingerprint density at radius 3 is 2.71 bits per heavy atom. The number of ether oxygens (including phenoxy) is 1. The average molecular weight is 331 g/mol. The second kappa shape index (κ2) is 8.14. The number of rotatable bonds is 7. The van der Waals surface area contributed by atoms with Gasteiger partial charge in [0.1, 0.15) is 0 Å². The molecule has 1 aromatic carbocycles. The minimum atomic E-state index is -0.378. The number of esters is 1. The van der Waals surface area contributed by atoms with E-state index in [9.17, 15) is 9.59 Å². The van der Waals surface area contributed by atoms with Gasteiger partial charge >= 0.3 is 5.97 Å². The molecule has 2 rings (SSSR count). The minimum absolute atomic E-state index is 0.128. The molecule has 0 aliphatic heterocycles. The number of aromatic nitrogens is 1. The number of amides is 1. The standard InChI is InChI=1S/C17H21N3O4/c1-4-20(11-15(21)18-16-9-12(3)19-24-16)14-8-6-7-13(10-14)17(22)23-5-2/h6-10H,4-5,11H2,1-3H3,(H,18,21). The van der Waals surface area contributed by atoms with Crippen LogP contribution in [0.5, 0.6) is 0 Å². The van der Waals surface area contributed by atoms with E-state index in [1.807, 2.05) is 17.9 Å². The summed E-state index contributed by atoms with van der Waals surface area (Å²) in [6.07, 6.45) is 0. The predicted molar refractivity (Wildman–Crippen MR) is 90.2 cm³/mol. The molecule has 0 radical (unpaired) electrons. The van der Waals surface area contributed by atoms with Crippen molar-refractivity contribution in [1.29, 1.82) is 0 Å². The smallest absolute Gasteiger partial charge is 0.338 e. The van der Waals surface area contributed by atoms with Crippen LogP contribution in [-0.2, 0) is 9.53 Å². The van der Waals surface area contributed by atoms with Crippen LogP contribution in [0.2, 0.25) is 0 Å². The summed E-state index contributed by atoms with van der Waals surface area (Å²) in [6, 6.07) is 8.66. The monoisotopic (exact) mass is 331 g/mol. The highest BCUT2D eigenvalue weighted by atomic mass is 16.5. The van der Waals surface area contributed by atoms with E-state index < -0.39 is 0 Å². The molecule has 2 aromatic rings. The van der Waals surface area contributed by atoms with Crippen LogP contribution in [0.4, 0.5) is 11.6 Å². The van der Waals surface area contributed by atoms with Crippen LogP contribution in [0.3, 0.4) is 0 Å². The van der Waals surface area contributed by atoms with Crippen LogP contribution in [-0.4, -0.2) is 36.7 Å². The number of aryl methyl sites for hydroxylation is 1. The molecule has 7 nitrogen and oxygen atoms in total. The minimum Gasteiger partial charge on any atom is -0.462 e. The number of benzene rings is 1. The lowest BCUT2D eigenvalue weighted by molar-refractivity contribution is -0.115. The fraction of sp³-hybridized carbons (Fsp3) is 0.353. The highest BCUT2D eigenvalue weighted by Crippen LogP contribution is 2.17. The highest BCUT2D eigenvalue weighted by molar-refractivity contribution is 5.94.